The van der Waals surface area contributed by atoms with E-state index in [1.165, 1.54) is 11.1 Å². The zero-order valence-corrected chi connectivity index (χ0v) is 17.5. The van der Waals surface area contributed by atoms with Gasteiger partial charge < -0.3 is 0 Å². The minimum absolute atomic E-state index is 0.146. The standard InChI is InChI=1S/C23H23NO2S2/c1-16-8-10-19(11-9-16)23-24(14-15-27-23)28(25,26)21-13-12-18-5-2-4-17-6-3-7-20(21)22(17)18/h2,4-5,8-13,23H,3,6-7,14-15H2,1H3/t23-/m1/s1. The molecule has 1 saturated heterocycles. The molecule has 5 rings (SSSR count). The van der Waals surface area contributed by atoms with Gasteiger partial charge in [-0.15, -0.1) is 11.8 Å². The molecule has 1 aliphatic carbocycles. The summed E-state index contributed by atoms with van der Waals surface area (Å²) >= 11 is 1.71. The Morgan fingerprint density at radius 2 is 1.82 bits per heavy atom. The van der Waals surface area contributed by atoms with Crippen molar-refractivity contribution in [3.05, 3.63) is 76.9 Å². The monoisotopic (exact) mass is 409 g/mol. The van der Waals surface area contributed by atoms with Crippen molar-refractivity contribution in [3.8, 4) is 0 Å². The minimum Gasteiger partial charge on any atom is -0.207 e. The lowest BCUT2D eigenvalue weighted by Gasteiger charge is -2.27. The second kappa shape index (κ2) is 6.90. The van der Waals surface area contributed by atoms with E-state index in [0.717, 1.165) is 46.9 Å². The molecule has 0 saturated carbocycles. The van der Waals surface area contributed by atoms with Crippen molar-refractivity contribution in [1.29, 1.82) is 0 Å². The molecule has 1 fully saturated rings. The second-order valence-corrected chi connectivity index (χ2v) is 10.7. The third kappa shape index (κ3) is 2.88. The topological polar surface area (TPSA) is 37.4 Å². The van der Waals surface area contributed by atoms with Gasteiger partial charge in [0.1, 0.15) is 0 Å². The van der Waals surface area contributed by atoms with Crippen molar-refractivity contribution in [2.75, 3.05) is 12.3 Å². The number of rotatable bonds is 3. The van der Waals surface area contributed by atoms with E-state index in [9.17, 15) is 8.42 Å². The lowest BCUT2D eigenvalue weighted by atomic mass is 9.89. The zero-order chi connectivity index (χ0) is 19.3. The fourth-order valence-corrected chi connectivity index (χ4v) is 7.99. The van der Waals surface area contributed by atoms with Gasteiger partial charge in [0, 0.05) is 12.3 Å². The predicted octanol–water partition coefficient (Wildman–Crippen LogP) is 5.07. The highest BCUT2D eigenvalue weighted by atomic mass is 32.2. The molecule has 3 nitrogen and oxygen atoms in total. The number of benzene rings is 3. The van der Waals surface area contributed by atoms with E-state index in [1.54, 1.807) is 16.1 Å². The minimum atomic E-state index is -3.55. The van der Waals surface area contributed by atoms with Crippen LogP contribution in [0.4, 0.5) is 0 Å². The Hall–Kier alpha value is -1.82. The molecule has 0 amide bonds. The largest absolute Gasteiger partial charge is 0.244 e. The van der Waals surface area contributed by atoms with Gasteiger partial charge in [-0.1, -0.05) is 54.1 Å². The smallest absolute Gasteiger partial charge is 0.207 e. The molecule has 28 heavy (non-hydrogen) atoms. The summed E-state index contributed by atoms with van der Waals surface area (Å²) in [7, 11) is -3.55. The fraction of sp³-hybridized carbons (Fsp3) is 0.304. The SMILES string of the molecule is Cc1ccc([C@H]2SCCN2S(=O)(=O)c2ccc3cccc4c3c2CCC4)cc1. The van der Waals surface area contributed by atoms with Crippen LogP contribution in [-0.2, 0) is 22.9 Å². The van der Waals surface area contributed by atoms with E-state index in [4.69, 9.17) is 0 Å². The van der Waals surface area contributed by atoms with Crippen molar-refractivity contribution >= 4 is 32.6 Å². The molecule has 1 atom stereocenters. The van der Waals surface area contributed by atoms with E-state index in [2.05, 4.69) is 49.4 Å². The summed E-state index contributed by atoms with van der Waals surface area (Å²) in [6, 6.07) is 18.4. The number of thioether (sulfide) groups is 1. The predicted molar refractivity (Wildman–Crippen MR) is 116 cm³/mol. The third-order valence-electron chi connectivity index (χ3n) is 5.87. The van der Waals surface area contributed by atoms with Crippen LogP contribution < -0.4 is 0 Å². The second-order valence-electron chi connectivity index (χ2n) is 7.66. The summed E-state index contributed by atoms with van der Waals surface area (Å²) in [5.74, 6) is 0.825. The molecule has 0 aromatic heterocycles. The first-order valence-electron chi connectivity index (χ1n) is 9.79. The van der Waals surface area contributed by atoms with Gasteiger partial charge in [-0.25, -0.2) is 8.42 Å². The molecular weight excluding hydrogens is 386 g/mol. The van der Waals surface area contributed by atoms with E-state index >= 15 is 0 Å². The first kappa shape index (κ1) is 18.2. The van der Waals surface area contributed by atoms with Crippen molar-refractivity contribution < 1.29 is 8.42 Å². The first-order chi connectivity index (χ1) is 13.6. The Balaban J connectivity index is 1.63. The Labute approximate surface area is 170 Å². The molecule has 3 aromatic carbocycles. The molecule has 1 aliphatic heterocycles. The average Bonchev–Trinajstić information content (AvgIpc) is 3.20. The van der Waals surface area contributed by atoms with E-state index in [1.807, 2.05) is 12.1 Å². The molecule has 0 radical (unpaired) electrons. The molecule has 3 aromatic rings. The van der Waals surface area contributed by atoms with E-state index < -0.39 is 10.0 Å². The van der Waals surface area contributed by atoms with Gasteiger partial charge in [-0.3, -0.25) is 0 Å². The number of nitrogens with zero attached hydrogens (tertiary/aromatic N) is 1. The normalized spacial score (nSPS) is 20.0. The first-order valence-corrected chi connectivity index (χ1v) is 12.3. The van der Waals surface area contributed by atoms with Crippen LogP contribution in [0.3, 0.4) is 0 Å². The number of hydrogen-bond acceptors (Lipinski definition) is 3. The average molecular weight is 410 g/mol. The number of aryl methyl sites for hydroxylation is 3. The molecule has 0 spiro atoms. The Kier molecular flexibility index (Phi) is 4.49. The van der Waals surface area contributed by atoms with Gasteiger partial charge in [0.05, 0.1) is 10.3 Å². The van der Waals surface area contributed by atoms with Crippen molar-refractivity contribution in [2.45, 2.75) is 36.5 Å². The molecular formula is C23H23NO2S2. The number of sulfonamides is 1. The van der Waals surface area contributed by atoms with Crippen LogP contribution in [0, 0.1) is 6.92 Å². The Morgan fingerprint density at radius 1 is 1.00 bits per heavy atom. The molecule has 0 bridgehead atoms. The highest BCUT2D eigenvalue weighted by Gasteiger charge is 2.38. The van der Waals surface area contributed by atoms with Gasteiger partial charge in [-0.05, 0) is 59.7 Å². The van der Waals surface area contributed by atoms with Gasteiger partial charge in [0.25, 0.3) is 0 Å². The molecule has 0 N–H and O–H groups in total. The Bertz CT molecular complexity index is 1150. The van der Waals surface area contributed by atoms with Crippen LogP contribution in [0.15, 0.2) is 59.5 Å². The highest BCUT2D eigenvalue weighted by molar-refractivity contribution is 8.01. The number of hydrogen-bond donors (Lipinski definition) is 0. The lowest BCUT2D eigenvalue weighted by molar-refractivity contribution is 0.433. The third-order valence-corrected chi connectivity index (χ3v) is 9.21. The van der Waals surface area contributed by atoms with Gasteiger partial charge >= 0.3 is 0 Å². The van der Waals surface area contributed by atoms with Crippen LogP contribution >= 0.6 is 11.8 Å². The van der Waals surface area contributed by atoms with Crippen LogP contribution in [-0.4, -0.2) is 25.0 Å². The summed E-state index contributed by atoms with van der Waals surface area (Å²) in [6.07, 6.45) is 2.87. The maximum absolute atomic E-state index is 13.8. The maximum atomic E-state index is 13.8. The molecule has 2 aliphatic rings. The van der Waals surface area contributed by atoms with Gasteiger partial charge in [0.2, 0.25) is 10.0 Å². The van der Waals surface area contributed by atoms with Crippen LogP contribution in [0.25, 0.3) is 10.8 Å². The van der Waals surface area contributed by atoms with E-state index in [0.29, 0.717) is 11.4 Å². The summed E-state index contributed by atoms with van der Waals surface area (Å²) in [5.41, 5.74) is 4.54. The molecule has 0 unspecified atom stereocenters. The molecule has 144 valence electrons. The van der Waals surface area contributed by atoms with Gasteiger partial charge in [0.15, 0.2) is 0 Å². The van der Waals surface area contributed by atoms with Crippen molar-refractivity contribution in [2.24, 2.45) is 0 Å². The summed E-state index contributed by atoms with van der Waals surface area (Å²) in [6.45, 7) is 2.61. The fourth-order valence-electron chi connectivity index (χ4n) is 4.49. The maximum Gasteiger partial charge on any atom is 0.244 e. The Morgan fingerprint density at radius 3 is 2.64 bits per heavy atom. The lowest BCUT2D eigenvalue weighted by Crippen LogP contribution is -2.31. The molecule has 1 heterocycles. The highest BCUT2D eigenvalue weighted by Crippen LogP contribution is 2.43. The van der Waals surface area contributed by atoms with E-state index in [-0.39, 0.29) is 5.37 Å². The van der Waals surface area contributed by atoms with Gasteiger partial charge in [-0.2, -0.15) is 4.31 Å². The zero-order valence-electron chi connectivity index (χ0n) is 15.9. The quantitative estimate of drug-likeness (QED) is 0.606. The summed E-state index contributed by atoms with van der Waals surface area (Å²) in [5, 5.41) is 2.16. The van der Waals surface area contributed by atoms with Crippen LogP contribution in [0.5, 0.6) is 0 Å². The van der Waals surface area contributed by atoms with Crippen molar-refractivity contribution in [3.63, 3.8) is 0 Å². The summed E-state index contributed by atoms with van der Waals surface area (Å²) in [4.78, 5) is 0.506. The van der Waals surface area contributed by atoms with Crippen LogP contribution in [0.1, 0.15) is 34.0 Å². The van der Waals surface area contributed by atoms with Crippen LogP contribution in [0.2, 0.25) is 0 Å². The summed E-state index contributed by atoms with van der Waals surface area (Å²) < 4.78 is 29.2. The van der Waals surface area contributed by atoms with Crippen molar-refractivity contribution in [1.82, 2.24) is 4.31 Å². The molecule has 5 heteroatoms.